The van der Waals surface area contributed by atoms with Crippen LogP contribution in [0.5, 0.6) is 0 Å². The highest BCUT2D eigenvalue weighted by Crippen LogP contribution is 2.35. The van der Waals surface area contributed by atoms with E-state index < -0.39 is 17.2 Å². The maximum absolute atomic E-state index is 14.5. The summed E-state index contributed by atoms with van der Waals surface area (Å²) in [6.45, 7) is 6.73. The number of rotatable bonds is 4. The smallest absolute Gasteiger partial charge is 0.256 e. The molecular formula is C23H25F2N7O2. The molecule has 2 aliphatic heterocycles. The predicted molar refractivity (Wildman–Crippen MR) is 118 cm³/mol. The monoisotopic (exact) mass is 469 g/mol. The number of anilines is 1. The Morgan fingerprint density at radius 2 is 1.71 bits per heavy atom. The Labute approximate surface area is 195 Å². The molecule has 1 amide bonds. The van der Waals surface area contributed by atoms with Crippen LogP contribution in [-0.2, 0) is 5.60 Å². The van der Waals surface area contributed by atoms with E-state index in [1.807, 2.05) is 4.90 Å². The first-order valence-electron chi connectivity index (χ1n) is 11.1. The van der Waals surface area contributed by atoms with Gasteiger partial charge in [-0.2, -0.15) is 15.0 Å². The van der Waals surface area contributed by atoms with Gasteiger partial charge in [0, 0.05) is 38.0 Å². The van der Waals surface area contributed by atoms with Crippen LogP contribution in [0.15, 0.2) is 30.6 Å². The van der Waals surface area contributed by atoms with E-state index in [9.17, 15) is 18.7 Å². The Bertz CT molecular complexity index is 1230. The summed E-state index contributed by atoms with van der Waals surface area (Å²) in [7, 11) is 0. The van der Waals surface area contributed by atoms with Crippen LogP contribution in [0.1, 0.15) is 35.6 Å². The number of amides is 1. The van der Waals surface area contributed by atoms with Crippen LogP contribution in [0.25, 0.3) is 5.69 Å². The predicted octanol–water partition coefficient (Wildman–Crippen LogP) is 2.08. The molecule has 9 nitrogen and oxygen atoms in total. The SMILES string of the molecule is Cc1nc(N2C[C@H]3CN(C(=O)c4cc(F)ccc4-n4nccn4)C[C@H]3C2)nc(C(C)(C)O)c1F. The fraction of sp³-hybridized carbons (Fsp3) is 0.435. The molecular weight excluding hydrogens is 444 g/mol. The van der Waals surface area contributed by atoms with Gasteiger partial charge in [-0.1, -0.05) is 0 Å². The van der Waals surface area contributed by atoms with Crippen LogP contribution < -0.4 is 4.90 Å². The molecule has 2 fully saturated rings. The molecule has 2 aliphatic rings. The van der Waals surface area contributed by atoms with Gasteiger partial charge in [0.1, 0.15) is 17.1 Å². The summed E-state index contributed by atoms with van der Waals surface area (Å²) in [5.41, 5.74) is -0.654. The lowest BCUT2D eigenvalue weighted by Crippen LogP contribution is -2.35. The number of halogens is 2. The molecule has 3 aromatic rings. The van der Waals surface area contributed by atoms with E-state index in [0.717, 1.165) is 0 Å². The largest absolute Gasteiger partial charge is 0.384 e. The van der Waals surface area contributed by atoms with Crippen LogP contribution >= 0.6 is 0 Å². The number of likely N-dealkylation sites (tertiary alicyclic amines) is 1. The summed E-state index contributed by atoms with van der Waals surface area (Å²) in [5, 5.41) is 18.4. The molecule has 2 saturated heterocycles. The number of carbonyl (C=O) groups is 1. The Hall–Kier alpha value is -3.47. The van der Waals surface area contributed by atoms with Crippen LogP contribution in [0.4, 0.5) is 14.7 Å². The molecule has 1 N–H and O–H groups in total. The average molecular weight is 469 g/mol. The van der Waals surface area contributed by atoms with Crippen LogP contribution in [0.3, 0.4) is 0 Å². The van der Waals surface area contributed by atoms with E-state index in [-0.39, 0.29) is 34.7 Å². The van der Waals surface area contributed by atoms with E-state index in [2.05, 4.69) is 20.2 Å². The minimum Gasteiger partial charge on any atom is -0.384 e. The second-order valence-electron chi connectivity index (χ2n) is 9.45. The van der Waals surface area contributed by atoms with Gasteiger partial charge in [-0.3, -0.25) is 4.79 Å². The third-order valence-electron chi connectivity index (χ3n) is 6.46. The first-order valence-corrected chi connectivity index (χ1v) is 11.1. The van der Waals surface area contributed by atoms with Crippen molar-refractivity contribution in [2.24, 2.45) is 11.8 Å². The Kier molecular flexibility index (Phi) is 5.31. The van der Waals surface area contributed by atoms with Gasteiger partial charge in [0.15, 0.2) is 5.82 Å². The number of carbonyl (C=O) groups excluding carboxylic acids is 1. The van der Waals surface area contributed by atoms with Gasteiger partial charge in [0.25, 0.3) is 5.91 Å². The Morgan fingerprint density at radius 3 is 2.32 bits per heavy atom. The quantitative estimate of drug-likeness (QED) is 0.625. The van der Waals surface area contributed by atoms with Crippen molar-refractivity contribution in [3.8, 4) is 5.69 Å². The molecule has 2 atom stereocenters. The minimum absolute atomic E-state index is 0.0327. The lowest BCUT2D eigenvalue weighted by Gasteiger charge is -2.25. The number of aryl methyl sites for hydroxylation is 1. The number of aromatic nitrogens is 5. The van der Waals surface area contributed by atoms with Gasteiger partial charge in [-0.15, -0.1) is 0 Å². The second kappa shape index (κ2) is 8.08. The molecule has 0 aliphatic carbocycles. The standard InChI is InChI=1S/C23H25F2N7O2/c1-13-19(25)20(23(2,3)34)29-22(28-13)31-11-14-9-30(10-15(14)12-31)21(33)17-8-16(24)4-5-18(17)32-26-6-7-27-32/h4-8,14-15,34H,9-12H2,1-3H3/t14-,15+. The summed E-state index contributed by atoms with van der Waals surface area (Å²) in [4.78, 5) is 26.9. The van der Waals surface area contributed by atoms with Crippen molar-refractivity contribution in [1.29, 1.82) is 0 Å². The maximum Gasteiger partial charge on any atom is 0.256 e. The van der Waals surface area contributed by atoms with E-state index >= 15 is 0 Å². The first kappa shape index (κ1) is 22.3. The summed E-state index contributed by atoms with van der Waals surface area (Å²) < 4.78 is 28.5. The number of hydrogen-bond acceptors (Lipinski definition) is 7. The summed E-state index contributed by atoms with van der Waals surface area (Å²) in [6, 6.07) is 3.99. The highest BCUT2D eigenvalue weighted by molar-refractivity contribution is 5.98. The zero-order valence-corrected chi connectivity index (χ0v) is 19.1. The fourth-order valence-electron chi connectivity index (χ4n) is 4.78. The Balaban J connectivity index is 1.34. The van der Waals surface area contributed by atoms with Crippen LogP contribution in [-0.4, -0.2) is 67.1 Å². The lowest BCUT2D eigenvalue weighted by atomic mass is 10.0. The number of fused-ring (bicyclic) bond motifs is 1. The molecule has 0 spiro atoms. The molecule has 0 radical (unpaired) electrons. The van der Waals surface area contributed by atoms with Crippen molar-refractivity contribution < 1.29 is 18.7 Å². The van der Waals surface area contributed by atoms with Crippen LogP contribution in [0.2, 0.25) is 0 Å². The van der Waals surface area contributed by atoms with E-state index in [1.165, 1.54) is 49.2 Å². The lowest BCUT2D eigenvalue weighted by molar-refractivity contribution is 0.0690. The third kappa shape index (κ3) is 3.89. The van der Waals surface area contributed by atoms with Gasteiger partial charge in [0.05, 0.1) is 29.3 Å². The number of nitrogens with zero attached hydrogens (tertiary/aromatic N) is 7. The molecule has 4 heterocycles. The molecule has 0 bridgehead atoms. The highest BCUT2D eigenvalue weighted by Gasteiger charge is 2.43. The normalized spacial score (nSPS) is 20.2. The van der Waals surface area contributed by atoms with Crippen molar-refractivity contribution in [1.82, 2.24) is 29.9 Å². The van der Waals surface area contributed by atoms with Gasteiger partial charge in [0.2, 0.25) is 5.95 Å². The maximum atomic E-state index is 14.5. The molecule has 0 saturated carbocycles. The van der Waals surface area contributed by atoms with Crippen molar-refractivity contribution in [2.75, 3.05) is 31.1 Å². The third-order valence-corrected chi connectivity index (χ3v) is 6.46. The molecule has 1 aromatic carbocycles. The van der Waals surface area contributed by atoms with Gasteiger partial charge in [-0.05, 0) is 39.0 Å². The second-order valence-corrected chi connectivity index (χ2v) is 9.45. The highest BCUT2D eigenvalue weighted by atomic mass is 19.1. The number of aliphatic hydroxyl groups is 1. The molecule has 0 unspecified atom stereocenters. The van der Waals surface area contributed by atoms with E-state index in [4.69, 9.17) is 0 Å². The number of hydrogen-bond donors (Lipinski definition) is 1. The molecule has 11 heteroatoms. The topological polar surface area (TPSA) is 100 Å². The summed E-state index contributed by atoms with van der Waals surface area (Å²) in [6.07, 6.45) is 2.99. The van der Waals surface area contributed by atoms with Crippen LogP contribution in [0, 0.1) is 30.4 Å². The Morgan fingerprint density at radius 1 is 1.06 bits per heavy atom. The van der Waals surface area contributed by atoms with E-state index in [0.29, 0.717) is 37.8 Å². The molecule has 178 valence electrons. The molecule has 34 heavy (non-hydrogen) atoms. The van der Waals surface area contributed by atoms with Gasteiger partial charge in [-0.25, -0.2) is 18.7 Å². The van der Waals surface area contributed by atoms with Gasteiger partial charge < -0.3 is 14.9 Å². The molecule has 5 rings (SSSR count). The van der Waals surface area contributed by atoms with Crippen molar-refractivity contribution in [3.05, 3.63) is 59.2 Å². The summed E-state index contributed by atoms with van der Waals surface area (Å²) >= 11 is 0. The average Bonchev–Trinajstić information content (AvgIpc) is 3.50. The van der Waals surface area contributed by atoms with Crippen molar-refractivity contribution in [3.63, 3.8) is 0 Å². The first-order chi connectivity index (χ1) is 16.1. The van der Waals surface area contributed by atoms with Gasteiger partial charge >= 0.3 is 0 Å². The van der Waals surface area contributed by atoms with E-state index in [1.54, 1.807) is 11.8 Å². The molecule has 2 aromatic heterocycles. The number of benzene rings is 1. The summed E-state index contributed by atoms with van der Waals surface area (Å²) in [5.74, 6) is -0.667. The fourth-order valence-corrected chi connectivity index (χ4v) is 4.78. The zero-order chi connectivity index (χ0) is 24.2. The van der Waals surface area contributed by atoms with Crippen molar-refractivity contribution in [2.45, 2.75) is 26.4 Å². The zero-order valence-electron chi connectivity index (χ0n) is 19.1. The van der Waals surface area contributed by atoms with Crippen molar-refractivity contribution >= 4 is 11.9 Å². The minimum atomic E-state index is -1.43.